The van der Waals surface area contributed by atoms with Crippen LogP contribution in [0.1, 0.15) is 18.5 Å². The molecule has 0 bridgehead atoms. The highest BCUT2D eigenvalue weighted by atomic mass is 35.5. The first-order valence-electron chi connectivity index (χ1n) is 9.01. The summed E-state index contributed by atoms with van der Waals surface area (Å²) in [7, 11) is 0. The number of aromatic nitrogens is 3. The molecule has 0 radical (unpaired) electrons. The van der Waals surface area contributed by atoms with Crippen molar-refractivity contribution < 1.29 is 0 Å². The number of aryl methyl sites for hydroxylation is 1. The van der Waals surface area contributed by atoms with Crippen molar-refractivity contribution >= 4 is 22.5 Å². The minimum Gasteiger partial charge on any atom is -0.268 e. The van der Waals surface area contributed by atoms with E-state index in [1.165, 1.54) is 35.0 Å². The molecule has 2 aromatic heterocycles. The summed E-state index contributed by atoms with van der Waals surface area (Å²) in [6, 6.07) is 18.4. The van der Waals surface area contributed by atoms with E-state index >= 15 is 0 Å². The van der Waals surface area contributed by atoms with E-state index in [1.54, 1.807) is 0 Å². The third-order valence-electron chi connectivity index (χ3n) is 5.13. The predicted molar refractivity (Wildman–Crippen MR) is 106 cm³/mol. The van der Waals surface area contributed by atoms with Crippen molar-refractivity contribution in [2.24, 2.45) is 0 Å². The van der Waals surface area contributed by atoms with Crippen molar-refractivity contribution in [2.45, 2.75) is 25.8 Å². The Bertz CT molecular complexity index is 1090. The van der Waals surface area contributed by atoms with Gasteiger partial charge in [-0.2, -0.15) is 5.10 Å². The molecule has 3 nitrogen and oxygen atoms in total. The Morgan fingerprint density at radius 1 is 0.923 bits per heavy atom. The zero-order valence-electron chi connectivity index (χ0n) is 14.3. The van der Waals surface area contributed by atoms with E-state index in [1.807, 2.05) is 24.4 Å². The van der Waals surface area contributed by atoms with Crippen molar-refractivity contribution in [3.05, 3.63) is 71.5 Å². The molecule has 128 valence electrons. The SMILES string of the molecule is Clc1ccc(-c2nn3c(c2-c2ccnc4ccccc24)CCCC3)cc1. The Morgan fingerprint density at radius 3 is 2.65 bits per heavy atom. The maximum atomic E-state index is 6.10. The Morgan fingerprint density at radius 2 is 1.77 bits per heavy atom. The van der Waals surface area contributed by atoms with Crippen molar-refractivity contribution in [2.75, 3.05) is 0 Å². The second-order valence-corrected chi connectivity index (χ2v) is 7.17. The summed E-state index contributed by atoms with van der Waals surface area (Å²) < 4.78 is 2.19. The second-order valence-electron chi connectivity index (χ2n) is 6.73. The highest BCUT2D eigenvalue weighted by molar-refractivity contribution is 6.30. The van der Waals surface area contributed by atoms with Gasteiger partial charge < -0.3 is 0 Å². The van der Waals surface area contributed by atoms with Gasteiger partial charge in [0, 0.05) is 40.0 Å². The van der Waals surface area contributed by atoms with Crippen LogP contribution in [0.2, 0.25) is 5.02 Å². The van der Waals surface area contributed by atoms with Gasteiger partial charge in [0.25, 0.3) is 0 Å². The van der Waals surface area contributed by atoms with E-state index in [-0.39, 0.29) is 0 Å². The molecule has 4 aromatic rings. The standard InChI is InChI=1S/C22H18ClN3/c23-16-10-8-15(9-11-16)22-21(20-7-3-4-14-26(20)25-22)18-12-13-24-19-6-2-1-5-17(18)19/h1-2,5-6,8-13H,3-4,7,14H2. The lowest BCUT2D eigenvalue weighted by Crippen LogP contribution is -2.11. The Kier molecular flexibility index (Phi) is 3.75. The Labute approximate surface area is 157 Å². The molecule has 0 saturated heterocycles. The molecule has 5 rings (SSSR count). The molecule has 0 aliphatic carbocycles. The highest BCUT2D eigenvalue weighted by Crippen LogP contribution is 2.39. The fourth-order valence-electron chi connectivity index (χ4n) is 3.90. The molecule has 0 fully saturated rings. The molecule has 26 heavy (non-hydrogen) atoms. The maximum Gasteiger partial charge on any atom is 0.100 e. The third kappa shape index (κ3) is 2.51. The maximum absolute atomic E-state index is 6.10. The summed E-state index contributed by atoms with van der Waals surface area (Å²) in [5.41, 5.74) is 6.94. The highest BCUT2D eigenvalue weighted by Gasteiger charge is 2.23. The average Bonchev–Trinajstić information content (AvgIpc) is 3.07. The van der Waals surface area contributed by atoms with Crippen molar-refractivity contribution in [3.63, 3.8) is 0 Å². The number of hydrogen-bond acceptors (Lipinski definition) is 2. The molecule has 0 saturated carbocycles. The molecular formula is C22H18ClN3. The summed E-state index contributed by atoms with van der Waals surface area (Å²) >= 11 is 6.10. The molecule has 1 aliphatic heterocycles. The van der Waals surface area contributed by atoms with Gasteiger partial charge in [-0.1, -0.05) is 41.9 Å². The van der Waals surface area contributed by atoms with Crippen molar-refractivity contribution in [1.29, 1.82) is 0 Å². The lowest BCUT2D eigenvalue weighted by Gasteiger charge is -2.15. The second kappa shape index (κ2) is 6.26. The van der Waals surface area contributed by atoms with Gasteiger partial charge in [-0.3, -0.25) is 9.67 Å². The van der Waals surface area contributed by atoms with E-state index in [0.29, 0.717) is 0 Å². The van der Waals surface area contributed by atoms with E-state index in [9.17, 15) is 0 Å². The van der Waals surface area contributed by atoms with Gasteiger partial charge >= 0.3 is 0 Å². The first kappa shape index (κ1) is 15.6. The lowest BCUT2D eigenvalue weighted by atomic mass is 9.93. The van der Waals surface area contributed by atoms with E-state index in [2.05, 4.69) is 46.1 Å². The number of halogens is 1. The van der Waals surface area contributed by atoms with Gasteiger partial charge in [0.1, 0.15) is 5.69 Å². The largest absolute Gasteiger partial charge is 0.268 e. The lowest BCUT2D eigenvalue weighted by molar-refractivity contribution is 0.487. The summed E-state index contributed by atoms with van der Waals surface area (Å²) in [4.78, 5) is 4.53. The molecule has 1 aliphatic rings. The van der Waals surface area contributed by atoms with Crippen molar-refractivity contribution in [1.82, 2.24) is 14.8 Å². The van der Waals surface area contributed by atoms with Crippen LogP contribution < -0.4 is 0 Å². The molecule has 4 heteroatoms. The third-order valence-corrected chi connectivity index (χ3v) is 5.38. The normalized spacial score (nSPS) is 13.7. The van der Waals surface area contributed by atoms with Gasteiger partial charge in [0.05, 0.1) is 5.52 Å². The van der Waals surface area contributed by atoms with Gasteiger partial charge in [-0.15, -0.1) is 0 Å². The fourth-order valence-corrected chi connectivity index (χ4v) is 4.02. The van der Waals surface area contributed by atoms with Crippen LogP contribution in [0.5, 0.6) is 0 Å². The average molecular weight is 360 g/mol. The number of pyridine rings is 1. The van der Waals surface area contributed by atoms with E-state index in [0.717, 1.165) is 34.8 Å². The summed E-state index contributed by atoms with van der Waals surface area (Å²) in [6.07, 6.45) is 5.36. The molecular weight excluding hydrogens is 342 g/mol. The number of fused-ring (bicyclic) bond motifs is 2. The molecule has 0 unspecified atom stereocenters. The van der Waals surface area contributed by atoms with Crippen LogP contribution in [0.4, 0.5) is 0 Å². The van der Waals surface area contributed by atoms with Crippen LogP contribution >= 0.6 is 11.6 Å². The topological polar surface area (TPSA) is 30.7 Å². The molecule has 3 heterocycles. The molecule has 0 amide bonds. The molecule has 0 atom stereocenters. The minimum absolute atomic E-state index is 0.744. The first-order valence-corrected chi connectivity index (χ1v) is 9.39. The van der Waals surface area contributed by atoms with Gasteiger partial charge in [-0.25, -0.2) is 0 Å². The van der Waals surface area contributed by atoms with Crippen LogP contribution in [-0.4, -0.2) is 14.8 Å². The van der Waals surface area contributed by atoms with E-state index < -0.39 is 0 Å². The van der Waals surface area contributed by atoms with Crippen molar-refractivity contribution in [3.8, 4) is 22.4 Å². The molecule has 2 aromatic carbocycles. The van der Waals surface area contributed by atoms with E-state index in [4.69, 9.17) is 16.7 Å². The van der Waals surface area contributed by atoms with Gasteiger partial charge in [0.2, 0.25) is 0 Å². The molecule has 0 N–H and O–H groups in total. The zero-order chi connectivity index (χ0) is 17.5. The number of hydrogen-bond donors (Lipinski definition) is 0. The minimum atomic E-state index is 0.744. The molecule has 0 spiro atoms. The Hall–Kier alpha value is -2.65. The summed E-state index contributed by atoms with van der Waals surface area (Å²) in [6.45, 7) is 0.985. The summed E-state index contributed by atoms with van der Waals surface area (Å²) in [5, 5.41) is 6.90. The predicted octanol–water partition coefficient (Wildman–Crippen LogP) is 5.76. The quantitative estimate of drug-likeness (QED) is 0.456. The monoisotopic (exact) mass is 359 g/mol. The van der Waals surface area contributed by atoms with Crippen LogP contribution in [0.15, 0.2) is 60.8 Å². The van der Waals surface area contributed by atoms with Crippen LogP contribution in [-0.2, 0) is 13.0 Å². The van der Waals surface area contributed by atoms with Crippen LogP contribution in [0, 0.1) is 0 Å². The first-order chi connectivity index (χ1) is 12.8. The van der Waals surface area contributed by atoms with Gasteiger partial charge in [0.15, 0.2) is 0 Å². The van der Waals surface area contributed by atoms with Gasteiger partial charge in [-0.05, 0) is 49.1 Å². The number of benzene rings is 2. The number of rotatable bonds is 2. The summed E-state index contributed by atoms with van der Waals surface area (Å²) in [5.74, 6) is 0. The number of nitrogens with zero attached hydrogens (tertiary/aromatic N) is 3. The smallest absolute Gasteiger partial charge is 0.100 e. The van der Waals surface area contributed by atoms with Crippen LogP contribution in [0.3, 0.4) is 0 Å². The number of para-hydroxylation sites is 1. The zero-order valence-corrected chi connectivity index (χ0v) is 15.1. The fraction of sp³-hybridized carbons (Fsp3) is 0.182. The van der Waals surface area contributed by atoms with Crippen LogP contribution in [0.25, 0.3) is 33.3 Å². The Balaban J connectivity index is 1.82.